The number of ether oxygens (including phenoxy) is 2. The number of carbonyl (C=O) groups excluding carboxylic acids is 1. The fraction of sp³-hybridized carbons (Fsp3) is 0.276. The Hall–Kier alpha value is -3.37. The van der Waals surface area contributed by atoms with Crippen molar-refractivity contribution in [2.24, 2.45) is 0 Å². The molecule has 4 nitrogen and oxygen atoms in total. The summed E-state index contributed by atoms with van der Waals surface area (Å²) in [6.07, 6.45) is 2.16. The molecule has 0 unspecified atom stereocenters. The quantitative estimate of drug-likeness (QED) is 0.422. The van der Waals surface area contributed by atoms with Crippen molar-refractivity contribution in [2.75, 3.05) is 33.4 Å². The number of rotatable bonds is 8. The highest BCUT2D eigenvalue weighted by Crippen LogP contribution is 2.36. The standard InChI is InChI=1S/C29H31NO3/c1-32-26-17-15-25(16-18-26)29(24-11-6-3-7-12-24)27(23-9-4-2-5-10-23)13-8-14-28(31)30-19-21-33-22-20-30/h2-7,9-12,15-18H,8,13-14,19-22H2,1H3/b29-27-. The fourth-order valence-corrected chi connectivity index (χ4v) is 4.32. The number of allylic oxidation sites excluding steroid dienone is 1. The number of nitrogens with zero attached hydrogens (tertiary/aromatic N) is 1. The van der Waals surface area contributed by atoms with Gasteiger partial charge in [0.25, 0.3) is 0 Å². The summed E-state index contributed by atoms with van der Waals surface area (Å²) in [5.41, 5.74) is 5.94. The second kappa shape index (κ2) is 11.5. The summed E-state index contributed by atoms with van der Waals surface area (Å²) in [5.74, 6) is 1.06. The molecule has 0 aromatic heterocycles. The maximum absolute atomic E-state index is 12.7. The highest BCUT2D eigenvalue weighted by atomic mass is 16.5. The van der Waals surface area contributed by atoms with Gasteiger partial charge in [0.2, 0.25) is 5.91 Å². The van der Waals surface area contributed by atoms with Crippen molar-refractivity contribution in [1.82, 2.24) is 4.90 Å². The Morgan fingerprint density at radius 1 is 0.788 bits per heavy atom. The molecule has 4 rings (SSSR count). The van der Waals surface area contributed by atoms with Crippen LogP contribution in [0.4, 0.5) is 0 Å². The third-order valence-corrected chi connectivity index (χ3v) is 6.05. The van der Waals surface area contributed by atoms with E-state index >= 15 is 0 Å². The van der Waals surface area contributed by atoms with Crippen LogP contribution in [0.25, 0.3) is 11.1 Å². The predicted molar refractivity (Wildman–Crippen MR) is 133 cm³/mol. The highest BCUT2D eigenvalue weighted by molar-refractivity contribution is 5.98. The molecule has 1 saturated heterocycles. The molecule has 0 radical (unpaired) electrons. The number of hydrogen-bond donors (Lipinski definition) is 0. The first-order valence-corrected chi connectivity index (χ1v) is 11.6. The topological polar surface area (TPSA) is 38.8 Å². The predicted octanol–water partition coefficient (Wildman–Crippen LogP) is 5.68. The Kier molecular flexibility index (Phi) is 7.94. The number of carbonyl (C=O) groups is 1. The molecule has 0 N–H and O–H groups in total. The van der Waals surface area contributed by atoms with Crippen LogP contribution in [0.5, 0.6) is 5.75 Å². The summed E-state index contributed by atoms with van der Waals surface area (Å²) in [5, 5.41) is 0. The Morgan fingerprint density at radius 3 is 1.97 bits per heavy atom. The van der Waals surface area contributed by atoms with Crippen LogP contribution in [0.2, 0.25) is 0 Å². The normalized spacial score (nSPS) is 14.5. The summed E-state index contributed by atoms with van der Waals surface area (Å²) in [4.78, 5) is 14.7. The van der Waals surface area contributed by atoms with Gasteiger partial charge >= 0.3 is 0 Å². The second-order valence-corrected chi connectivity index (χ2v) is 8.16. The third kappa shape index (κ3) is 5.91. The maximum Gasteiger partial charge on any atom is 0.222 e. The molecule has 0 bridgehead atoms. The van der Waals surface area contributed by atoms with Crippen molar-refractivity contribution in [1.29, 1.82) is 0 Å². The van der Waals surface area contributed by atoms with Crippen molar-refractivity contribution >= 4 is 17.1 Å². The van der Waals surface area contributed by atoms with E-state index in [1.807, 2.05) is 29.2 Å². The monoisotopic (exact) mass is 441 g/mol. The summed E-state index contributed by atoms with van der Waals surface area (Å²) in [6.45, 7) is 2.66. The van der Waals surface area contributed by atoms with Crippen LogP contribution in [0.1, 0.15) is 36.0 Å². The lowest BCUT2D eigenvalue weighted by atomic mass is 9.87. The second-order valence-electron chi connectivity index (χ2n) is 8.16. The smallest absolute Gasteiger partial charge is 0.222 e. The highest BCUT2D eigenvalue weighted by Gasteiger charge is 2.18. The molecule has 4 heteroatoms. The van der Waals surface area contributed by atoms with Gasteiger partial charge in [-0.15, -0.1) is 0 Å². The van der Waals surface area contributed by atoms with Crippen molar-refractivity contribution in [3.8, 4) is 5.75 Å². The summed E-state index contributed by atoms with van der Waals surface area (Å²) < 4.78 is 10.8. The Balaban J connectivity index is 1.69. The largest absolute Gasteiger partial charge is 0.497 e. The van der Waals surface area contributed by atoms with Gasteiger partial charge in [0, 0.05) is 19.5 Å². The summed E-state index contributed by atoms with van der Waals surface area (Å²) in [7, 11) is 1.68. The van der Waals surface area contributed by atoms with Gasteiger partial charge in [-0.1, -0.05) is 72.8 Å². The van der Waals surface area contributed by atoms with Gasteiger partial charge < -0.3 is 14.4 Å². The first-order chi connectivity index (χ1) is 16.3. The van der Waals surface area contributed by atoms with Crippen molar-refractivity contribution in [3.63, 3.8) is 0 Å². The molecule has 3 aromatic carbocycles. The molecule has 1 fully saturated rings. The number of amides is 1. The van der Waals surface area contributed by atoms with Gasteiger partial charge in [-0.2, -0.15) is 0 Å². The zero-order chi connectivity index (χ0) is 22.9. The molecule has 0 spiro atoms. The van der Waals surface area contributed by atoms with Crippen LogP contribution in [-0.2, 0) is 9.53 Å². The van der Waals surface area contributed by atoms with Crippen LogP contribution in [0, 0.1) is 0 Å². The van der Waals surface area contributed by atoms with E-state index in [1.165, 1.54) is 22.3 Å². The van der Waals surface area contributed by atoms with E-state index in [4.69, 9.17) is 9.47 Å². The Bertz CT molecular complexity index is 1050. The van der Waals surface area contributed by atoms with Crippen molar-refractivity contribution in [2.45, 2.75) is 19.3 Å². The molecular weight excluding hydrogens is 410 g/mol. The number of methoxy groups -OCH3 is 1. The van der Waals surface area contributed by atoms with Crippen LogP contribution < -0.4 is 4.74 Å². The van der Waals surface area contributed by atoms with Gasteiger partial charge in [-0.3, -0.25) is 4.79 Å². The fourth-order valence-electron chi connectivity index (χ4n) is 4.32. The van der Waals surface area contributed by atoms with Gasteiger partial charge in [-0.25, -0.2) is 0 Å². The van der Waals surface area contributed by atoms with Crippen LogP contribution in [0.15, 0.2) is 84.9 Å². The molecule has 3 aromatic rings. The number of hydrogen-bond acceptors (Lipinski definition) is 3. The van der Waals surface area contributed by atoms with E-state index in [2.05, 4.69) is 60.7 Å². The van der Waals surface area contributed by atoms with Crippen LogP contribution in [0.3, 0.4) is 0 Å². The lowest BCUT2D eigenvalue weighted by molar-refractivity contribution is -0.135. The molecule has 0 saturated carbocycles. The molecule has 1 amide bonds. The number of benzene rings is 3. The first kappa shape index (κ1) is 22.8. The molecule has 0 aliphatic carbocycles. The molecule has 170 valence electrons. The zero-order valence-corrected chi connectivity index (χ0v) is 19.2. The summed E-state index contributed by atoms with van der Waals surface area (Å²) >= 11 is 0. The molecular formula is C29H31NO3. The Morgan fingerprint density at radius 2 is 1.36 bits per heavy atom. The Labute approximate surface area is 196 Å². The van der Waals surface area contributed by atoms with E-state index < -0.39 is 0 Å². The van der Waals surface area contributed by atoms with E-state index in [9.17, 15) is 4.79 Å². The van der Waals surface area contributed by atoms with Crippen LogP contribution >= 0.6 is 0 Å². The number of morpholine rings is 1. The van der Waals surface area contributed by atoms with Crippen LogP contribution in [-0.4, -0.2) is 44.2 Å². The maximum atomic E-state index is 12.7. The van der Waals surface area contributed by atoms with Gasteiger partial charge in [-0.05, 0) is 52.8 Å². The van der Waals surface area contributed by atoms with Gasteiger partial charge in [0.05, 0.1) is 20.3 Å². The SMILES string of the molecule is COc1ccc(/C(=C(/CCCC(=O)N2CCOCC2)c2ccccc2)c2ccccc2)cc1. The first-order valence-electron chi connectivity index (χ1n) is 11.6. The molecule has 1 aliphatic rings. The summed E-state index contributed by atoms with van der Waals surface area (Å²) in [6, 6.07) is 29.2. The van der Waals surface area contributed by atoms with E-state index in [1.54, 1.807) is 7.11 Å². The third-order valence-electron chi connectivity index (χ3n) is 6.05. The zero-order valence-electron chi connectivity index (χ0n) is 19.2. The molecule has 0 atom stereocenters. The molecule has 1 aliphatic heterocycles. The molecule has 1 heterocycles. The molecule has 33 heavy (non-hydrogen) atoms. The minimum absolute atomic E-state index is 0.219. The average molecular weight is 442 g/mol. The van der Waals surface area contributed by atoms with E-state index in [0.29, 0.717) is 32.7 Å². The van der Waals surface area contributed by atoms with Gasteiger partial charge in [0.15, 0.2) is 0 Å². The van der Waals surface area contributed by atoms with Crippen molar-refractivity contribution < 1.29 is 14.3 Å². The minimum Gasteiger partial charge on any atom is -0.497 e. The van der Waals surface area contributed by atoms with E-state index in [-0.39, 0.29) is 5.91 Å². The average Bonchev–Trinajstić information content (AvgIpc) is 2.90. The van der Waals surface area contributed by atoms with Crippen molar-refractivity contribution in [3.05, 3.63) is 102 Å². The van der Waals surface area contributed by atoms with Gasteiger partial charge in [0.1, 0.15) is 5.75 Å². The lowest BCUT2D eigenvalue weighted by Gasteiger charge is -2.27. The minimum atomic E-state index is 0.219. The van der Waals surface area contributed by atoms with E-state index in [0.717, 1.165) is 24.2 Å². The lowest BCUT2D eigenvalue weighted by Crippen LogP contribution is -2.40.